The van der Waals surface area contributed by atoms with Crippen molar-refractivity contribution in [1.29, 1.82) is 5.26 Å². The van der Waals surface area contributed by atoms with Crippen molar-refractivity contribution in [2.45, 2.75) is 87.7 Å². The molecule has 3 rings (SSSR count). The fourth-order valence-corrected chi connectivity index (χ4v) is 4.04. The van der Waals surface area contributed by atoms with Gasteiger partial charge in [0.05, 0.1) is 0 Å². The number of benzene rings is 2. The Morgan fingerprint density at radius 2 is 1.39 bits per heavy atom. The number of carboxylic acids is 1. The van der Waals surface area contributed by atoms with Gasteiger partial charge in [-0.2, -0.15) is 0 Å². The molecule has 0 unspecified atom stereocenters. The Morgan fingerprint density at radius 1 is 1.05 bits per heavy atom. The molecule has 2 aromatic rings. The zero-order valence-electron chi connectivity index (χ0n) is 27.0. The summed E-state index contributed by atoms with van der Waals surface area (Å²) >= 11 is 6.97. The van der Waals surface area contributed by atoms with Gasteiger partial charge >= 0.3 is 41.6 Å². The molecule has 1 heterocycles. The number of anilines is 2. The van der Waals surface area contributed by atoms with Gasteiger partial charge in [-0.05, 0) is 102 Å². The zero-order chi connectivity index (χ0) is 32.9. The molecular formula is C29H41Br2N4NaO5. The summed E-state index contributed by atoms with van der Waals surface area (Å²) in [7, 11) is 1.25. The maximum absolute atomic E-state index is 11.9. The van der Waals surface area contributed by atoms with Gasteiger partial charge in [0.1, 0.15) is 11.1 Å². The molecule has 222 valence electrons. The predicted molar refractivity (Wildman–Crippen MR) is 166 cm³/mol. The molecule has 0 saturated carbocycles. The first kappa shape index (κ1) is 41.0. The average molecular weight is 709 g/mol. The number of aliphatic carboxylic acids is 1. The van der Waals surface area contributed by atoms with Gasteiger partial charge in [0.2, 0.25) is 0 Å². The average Bonchev–Trinajstić information content (AvgIpc) is 3.09. The van der Waals surface area contributed by atoms with Crippen molar-refractivity contribution < 1.29 is 55.5 Å². The maximum Gasteiger partial charge on any atom is 1.00 e. The van der Waals surface area contributed by atoms with Crippen molar-refractivity contribution in [2.75, 3.05) is 10.2 Å². The Bertz CT molecular complexity index is 1220. The number of hydrogen-bond donors (Lipinski definition) is 3. The summed E-state index contributed by atoms with van der Waals surface area (Å²) in [6, 6.07) is 7.29. The van der Waals surface area contributed by atoms with Crippen LogP contribution in [0.5, 0.6) is 0 Å². The van der Waals surface area contributed by atoms with E-state index < -0.39 is 17.0 Å². The molecule has 1 saturated heterocycles. The van der Waals surface area contributed by atoms with Crippen molar-refractivity contribution >= 4 is 61.1 Å². The van der Waals surface area contributed by atoms with E-state index in [1.54, 1.807) is 27.7 Å². The molecule has 12 heteroatoms. The van der Waals surface area contributed by atoms with Crippen LogP contribution in [0.1, 0.15) is 72.6 Å². The van der Waals surface area contributed by atoms with E-state index in [0.717, 1.165) is 42.6 Å². The topological polar surface area (TPSA) is 146 Å². The van der Waals surface area contributed by atoms with Crippen molar-refractivity contribution in [3.8, 4) is 6.26 Å². The molecule has 1 aliphatic heterocycles. The third kappa shape index (κ3) is 11.6. The van der Waals surface area contributed by atoms with Gasteiger partial charge in [0.25, 0.3) is 5.91 Å². The van der Waals surface area contributed by atoms with Crippen molar-refractivity contribution in [3.05, 3.63) is 55.5 Å². The van der Waals surface area contributed by atoms with Crippen LogP contribution in [0.3, 0.4) is 0 Å². The number of nitriles is 1. The number of carbonyl (C=O) groups excluding carboxylic acids is 2. The molecule has 0 aromatic heterocycles. The number of rotatable bonds is 4. The Balaban J connectivity index is -0.000000588. The van der Waals surface area contributed by atoms with E-state index in [1.807, 2.05) is 65.8 Å². The van der Waals surface area contributed by atoms with E-state index in [2.05, 4.69) is 42.5 Å². The van der Waals surface area contributed by atoms with Crippen LogP contribution < -0.4 is 50.2 Å². The minimum absolute atomic E-state index is 0. The monoisotopic (exact) mass is 707 g/mol. The SMILES string of the molecule is CC.Cc1cc(N2C(=O)NC(=O)C2(C)C)cc(C)c1Br.Cc1cc(NC(C)(C)C(=O)O)cc(C)c1Br.N#C[O-].[2H]C.[Na+]. The van der Waals surface area contributed by atoms with Crippen LogP contribution in [0.4, 0.5) is 16.2 Å². The normalized spacial score (nSPS) is 12.9. The van der Waals surface area contributed by atoms with Crippen LogP contribution in [0.15, 0.2) is 33.2 Å². The quantitative estimate of drug-likeness (QED) is 0.249. The summed E-state index contributed by atoms with van der Waals surface area (Å²) in [6.07, 6.45) is 0.500. The van der Waals surface area contributed by atoms with Gasteiger partial charge in [-0.3, -0.25) is 15.0 Å². The van der Waals surface area contributed by atoms with Crippen LogP contribution >= 0.6 is 31.9 Å². The summed E-state index contributed by atoms with van der Waals surface area (Å²) in [4.78, 5) is 36.1. The summed E-state index contributed by atoms with van der Waals surface area (Å²) in [5, 5.41) is 29.4. The van der Waals surface area contributed by atoms with E-state index >= 15 is 0 Å². The van der Waals surface area contributed by atoms with E-state index in [-0.39, 0.29) is 41.5 Å². The fraction of sp³-hybridized carbons (Fsp3) is 0.448. The predicted octanol–water partition coefficient (Wildman–Crippen LogP) is 3.74. The number of amides is 3. The molecule has 0 bridgehead atoms. The number of hydrogen-bond acceptors (Lipinski definition) is 6. The second kappa shape index (κ2) is 18.4. The molecule has 1 aliphatic rings. The number of carbonyl (C=O) groups is 3. The van der Waals surface area contributed by atoms with Gasteiger partial charge < -0.3 is 15.5 Å². The van der Waals surface area contributed by atoms with Gasteiger partial charge in [-0.15, -0.1) is 0 Å². The molecule has 3 N–H and O–H groups in total. The van der Waals surface area contributed by atoms with Gasteiger partial charge in [-0.1, -0.05) is 53.1 Å². The summed E-state index contributed by atoms with van der Waals surface area (Å²) in [5.74, 6) is -1.14. The Labute approximate surface area is 285 Å². The van der Waals surface area contributed by atoms with Gasteiger partial charge in [0.15, 0.2) is 0 Å². The summed E-state index contributed by atoms with van der Waals surface area (Å²) < 4.78 is 7.83. The number of imide groups is 1. The number of nitrogens with zero attached hydrogens (tertiary/aromatic N) is 2. The third-order valence-corrected chi connectivity index (χ3v) is 8.15. The number of nitrogens with one attached hydrogen (secondary N) is 2. The van der Waals surface area contributed by atoms with Gasteiger partial charge in [0, 0.05) is 27.9 Å². The first-order valence-corrected chi connectivity index (χ1v) is 13.7. The molecule has 0 aliphatic carbocycles. The minimum Gasteiger partial charge on any atom is -0.812 e. The zero-order valence-corrected chi connectivity index (χ0v) is 31.2. The summed E-state index contributed by atoms with van der Waals surface area (Å²) in [5.41, 5.74) is 3.98. The van der Waals surface area contributed by atoms with Crippen LogP contribution in [-0.4, -0.2) is 34.1 Å². The molecule has 9 nitrogen and oxygen atoms in total. The molecule has 0 spiro atoms. The first-order chi connectivity index (χ1) is 18.9. The third-order valence-electron chi connectivity index (χ3n) is 5.65. The molecule has 0 atom stereocenters. The molecule has 2 aromatic carbocycles. The van der Waals surface area contributed by atoms with Crippen LogP contribution in [0.25, 0.3) is 0 Å². The Kier molecular flexibility index (Phi) is 18.5. The van der Waals surface area contributed by atoms with Crippen LogP contribution in [-0.2, 0) is 9.59 Å². The van der Waals surface area contributed by atoms with Gasteiger partial charge in [-0.25, -0.2) is 14.9 Å². The Morgan fingerprint density at radius 3 is 1.68 bits per heavy atom. The molecular weight excluding hydrogens is 667 g/mol. The van der Waals surface area contributed by atoms with E-state index in [4.69, 9.17) is 16.8 Å². The van der Waals surface area contributed by atoms with E-state index in [9.17, 15) is 14.4 Å². The molecule has 1 fully saturated rings. The Hall–Kier alpha value is -2.10. The van der Waals surface area contributed by atoms with Crippen molar-refractivity contribution in [2.24, 2.45) is 0 Å². The largest absolute Gasteiger partial charge is 1.00 e. The van der Waals surface area contributed by atoms with Crippen LogP contribution in [0.2, 0.25) is 0 Å². The second-order valence-electron chi connectivity index (χ2n) is 9.62. The van der Waals surface area contributed by atoms with E-state index in [1.165, 1.54) is 12.3 Å². The summed E-state index contributed by atoms with van der Waals surface area (Å²) in [6.45, 7) is 18.6. The number of halogens is 2. The number of carboxylic acid groups (broad SMARTS) is 1. The standard InChI is InChI=1S/C13H15BrN2O2.C12H16BrNO2.C2H6.CHNO.CH4.Na/c1-7-5-9(6-8(2)10(7)14)16-12(18)15-11(17)13(16,3)4;1-7-5-9(6-8(2)10(7)13)14-12(3,4)11(15)16;1-2;2-1-3;;/h5-6H,1-4H3,(H,15,17,18);5-6,14H,1-4H3,(H,15,16);1-2H3;3H;1H4;/q;;;;;+1/p-1/i;;;;1D;. The van der Waals surface area contributed by atoms with Crippen LogP contribution in [0, 0.1) is 39.2 Å². The van der Waals surface area contributed by atoms with Crippen molar-refractivity contribution in [1.82, 2.24) is 5.32 Å². The molecule has 3 amide bonds. The fourth-order valence-electron chi connectivity index (χ4n) is 3.59. The smallest absolute Gasteiger partial charge is 0.812 e. The first-order valence-electron chi connectivity index (χ1n) is 13.1. The van der Waals surface area contributed by atoms with Crippen molar-refractivity contribution in [3.63, 3.8) is 0 Å². The molecule has 41 heavy (non-hydrogen) atoms. The maximum atomic E-state index is 11.9. The van der Waals surface area contributed by atoms with E-state index in [0.29, 0.717) is 6.26 Å². The number of urea groups is 1. The second-order valence-corrected chi connectivity index (χ2v) is 11.2. The molecule has 0 radical (unpaired) electrons. The minimum atomic E-state index is -0.966. The number of aryl methyl sites for hydroxylation is 4.